The van der Waals surface area contributed by atoms with Crippen molar-refractivity contribution in [3.05, 3.63) is 71.8 Å². The molecular formula is C22H21NO5. The van der Waals surface area contributed by atoms with Crippen LogP contribution in [0.2, 0.25) is 0 Å². The van der Waals surface area contributed by atoms with Gasteiger partial charge in [0.05, 0.1) is 19.9 Å². The topological polar surface area (TPSA) is 72.9 Å². The molecule has 1 fully saturated rings. The number of amides is 1. The van der Waals surface area contributed by atoms with Crippen LogP contribution in [0.1, 0.15) is 23.5 Å². The number of carbonyl (C=O) groups excluding carboxylic acids is 3. The molecule has 0 bridgehead atoms. The minimum Gasteiger partial charge on any atom is -0.467 e. The standard InChI is InChI=1S/C22H21NO5/c1-27-20(25)13-12-16-10-6-7-11-18(16)23-19(24)14-17(21(23)22(26)28-2)15-8-4-3-5-9-15/h3-13,17,21H,14H2,1-2H3/b13-12+/t17-,21+/m1/s1. The smallest absolute Gasteiger partial charge is 0.330 e. The largest absolute Gasteiger partial charge is 0.467 e. The van der Waals surface area contributed by atoms with Crippen molar-refractivity contribution >= 4 is 29.6 Å². The Morgan fingerprint density at radius 3 is 2.36 bits per heavy atom. The first-order chi connectivity index (χ1) is 13.6. The third-order valence-electron chi connectivity index (χ3n) is 4.79. The van der Waals surface area contributed by atoms with Gasteiger partial charge < -0.3 is 9.47 Å². The Bertz CT molecular complexity index is 906. The van der Waals surface area contributed by atoms with Crippen LogP contribution in [-0.2, 0) is 23.9 Å². The van der Waals surface area contributed by atoms with Crippen molar-refractivity contribution in [3.63, 3.8) is 0 Å². The Balaban J connectivity index is 2.05. The van der Waals surface area contributed by atoms with E-state index in [0.29, 0.717) is 11.3 Å². The SMILES string of the molecule is COC(=O)/C=C/c1ccccc1N1C(=O)C[C@H](c2ccccc2)[C@H]1C(=O)OC. The molecule has 0 saturated carbocycles. The van der Waals surface area contributed by atoms with Gasteiger partial charge in [-0.25, -0.2) is 9.59 Å². The molecule has 0 aromatic heterocycles. The van der Waals surface area contributed by atoms with Gasteiger partial charge in [-0.2, -0.15) is 0 Å². The second-order valence-corrected chi connectivity index (χ2v) is 6.37. The molecule has 2 atom stereocenters. The molecule has 1 heterocycles. The number of methoxy groups -OCH3 is 2. The third kappa shape index (κ3) is 3.81. The monoisotopic (exact) mass is 379 g/mol. The van der Waals surface area contributed by atoms with Crippen LogP contribution in [0.3, 0.4) is 0 Å². The van der Waals surface area contributed by atoms with Crippen molar-refractivity contribution in [2.24, 2.45) is 0 Å². The number of hydrogen-bond donors (Lipinski definition) is 0. The van der Waals surface area contributed by atoms with Crippen LogP contribution < -0.4 is 4.90 Å². The highest BCUT2D eigenvalue weighted by molar-refractivity contribution is 6.05. The molecular weight excluding hydrogens is 358 g/mol. The first kappa shape index (κ1) is 19.4. The van der Waals surface area contributed by atoms with Gasteiger partial charge in [0.1, 0.15) is 6.04 Å². The molecule has 0 unspecified atom stereocenters. The molecule has 3 rings (SSSR count). The van der Waals surface area contributed by atoms with Gasteiger partial charge in [0.15, 0.2) is 0 Å². The zero-order chi connectivity index (χ0) is 20.1. The van der Waals surface area contributed by atoms with Crippen molar-refractivity contribution in [1.29, 1.82) is 0 Å². The number of hydrogen-bond acceptors (Lipinski definition) is 5. The average Bonchev–Trinajstić information content (AvgIpc) is 3.09. The van der Waals surface area contributed by atoms with E-state index in [4.69, 9.17) is 4.74 Å². The fourth-order valence-electron chi connectivity index (χ4n) is 3.48. The molecule has 0 spiro atoms. The lowest BCUT2D eigenvalue weighted by molar-refractivity contribution is -0.142. The summed E-state index contributed by atoms with van der Waals surface area (Å²) in [5, 5.41) is 0. The molecule has 2 aromatic rings. The molecule has 6 heteroatoms. The summed E-state index contributed by atoms with van der Waals surface area (Å²) in [6.45, 7) is 0. The van der Waals surface area contributed by atoms with E-state index < -0.39 is 18.0 Å². The van der Waals surface area contributed by atoms with E-state index in [9.17, 15) is 14.4 Å². The molecule has 1 aliphatic rings. The summed E-state index contributed by atoms with van der Waals surface area (Å²) in [6.07, 6.45) is 3.04. The fraction of sp³-hybridized carbons (Fsp3) is 0.227. The van der Waals surface area contributed by atoms with Crippen molar-refractivity contribution in [1.82, 2.24) is 0 Å². The number of ether oxygens (including phenoxy) is 2. The van der Waals surface area contributed by atoms with Gasteiger partial charge in [-0.3, -0.25) is 9.69 Å². The first-order valence-corrected chi connectivity index (χ1v) is 8.86. The highest BCUT2D eigenvalue weighted by Crippen LogP contribution is 2.39. The second-order valence-electron chi connectivity index (χ2n) is 6.37. The number of rotatable bonds is 5. The maximum absolute atomic E-state index is 12.9. The van der Waals surface area contributed by atoms with Crippen LogP contribution >= 0.6 is 0 Å². The lowest BCUT2D eigenvalue weighted by atomic mass is 9.91. The zero-order valence-electron chi connectivity index (χ0n) is 15.7. The van der Waals surface area contributed by atoms with Crippen LogP contribution in [0.25, 0.3) is 6.08 Å². The Morgan fingerprint density at radius 1 is 1.00 bits per heavy atom. The summed E-state index contributed by atoms with van der Waals surface area (Å²) in [5.74, 6) is -1.48. The normalized spacial score (nSPS) is 19.1. The molecule has 6 nitrogen and oxygen atoms in total. The summed E-state index contributed by atoms with van der Waals surface area (Å²) < 4.78 is 9.65. The van der Waals surface area contributed by atoms with Gasteiger partial charge in [-0.1, -0.05) is 48.5 Å². The van der Waals surface area contributed by atoms with E-state index in [1.54, 1.807) is 30.3 Å². The average molecular weight is 379 g/mol. The minimum absolute atomic E-state index is 0.178. The Morgan fingerprint density at radius 2 is 1.68 bits per heavy atom. The van der Waals surface area contributed by atoms with Crippen LogP contribution in [0.15, 0.2) is 60.7 Å². The van der Waals surface area contributed by atoms with Gasteiger partial charge in [0, 0.05) is 18.4 Å². The van der Waals surface area contributed by atoms with Crippen LogP contribution in [0.4, 0.5) is 5.69 Å². The number of anilines is 1. The predicted octanol–water partition coefficient (Wildman–Crippen LogP) is 2.93. The Kier molecular flexibility index (Phi) is 5.89. The number of benzene rings is 2. The van der Waals surface area contributed by atoms with E-state index in [1.165, 1.54) is 25.2 Å². The van der Waals surface area contributed by atoms with Gasteiger partial charge in [-0.15, -0.1) is 0 Å². The van der Waals surface area contributed by atoms with Crippen LogP contribution in [0, 0.1) is 0 Å². The summed E-state index contributed by atoms with van der Waals surface area (Å²) in [5.41, 5.74) is 2.07. The molecule has 0 radical (unpaired) electrons. The molecule has 2 aromatic carbocycles. The third-order valence-corrected chi connectivity index (χ3v) is 4.79. The number of carbonyl (C=O) groups is 3. The van der Waals surface area contributed by atoms with Gasteiger partial charge in [0.2, 0.25) is 5.91 Å². The quantitative estimate of drug-likeness (QED) is 0.590. The van der Waals surface area contributed by atoms with Gasteiger partial charge in [-0.05, 0) is 23.3 Å². The lowest BCUT2D eigenvalue weighted by Crippen LogP contribution is -2.42. The summed E-state index contributed by atoms with van der Waals surface area (Å²) >= 11 is 0. The van der Waals surface area contributed by atoms with E-state index in [0.717, 1.165) is 5.56 Å². The summed E-state index contributed by atoms with van der Waals surface area (Å²) in [6, 6.07) is 15.8. The van der Waals surface area contributed by atoms with Crippen molar-refractivity contribution < 1.29 is 23.9 Å². The van der Waals surface area contributed by atoms with E-state index in [1.807, 2.05) is 30.3 Å². The molecule has 28 heavy (non-hydrogen) atoms. The maximum Gasteiger partial charge on any atom is 0.330 e. The minimum atomic E-state index is -0.785. The first-order valence-electron chi connectivity index (χ1n) is 8.86. The lowest BCUT2D eigenvalue weighted by Gasteiger charge is -2.27. The molecule has 144 valence electrons. The van der Waals surface area contributed by atoms with Gasteiger partial charge in [0.25, 0.3) is 0 Å². The Labute approximate surface area is 163 Å². The molecule has 1 aliphatic heterocycles. The van der Waals surface area contributed by atoms with Crippen molar-refractivity contribution in [2.75, 3.05) is 19.1 Å². The number of nitrogens with zero attached hydrogens (tertiary/aromatic N) is 1. The van der Waals surface area contributed by atoms with Crippen LogP contribution in [0.5, 0.6) is 0 Å². The van der Waals surface area contributed by atoms with Crippen molar-refractivity contribution in [2.45, 2.75) is 18.4 Å². The summed E-state index contributed by atoms with van der Waals surface area (Å²) in [4.78, 5) is 38.5. The highest BCUT2D eigenvalue weighted by atomic mass is 16.5. The molecule has 0 N–H and O–H groups in total. The van der Waals surface area contributed by atoms with E-state index >= 15 is 0 Å². The van der Waals surface area contributed by atoms with Crippen molar-refractivity contribution in [3.8, 4) is 0 Å². The Hall–Kier alpha value is -3.41. The molecule has 1 saturated heterocycles. The van der Waals surface area contributed by atoms with Crippen LogP contribution in [-0.4, -0.2) is 38.1 Å². The fourth-order valence-corrected chi connectivity index (χ4v) is 3.48. The predicted molar refractivity (Wildman–Crippen MR) is 105 cm³/mol. The molecule has 0 aliphatic carbocycles. The van der Waals surface area contributed by atoms with E-state index in [2.05, 4.69) is 4.74 Å². The molecule has 1 amide bonds. The summed E-state index contributed by atoms with van der Waals surface area (Å²) in [7, 11) is 2.61. The number of esters is 2. The maximum atomic E-state index is 12.9. The van der Waals surface area contributed by atoms with E-state index in [-0.39, 0.29) is 18.2 Å². The zero-order valence-corrected chi connectivity index (χ0v) is 15.7. The second kappa shape index (κ2) is 8.52. The number of para-hydroxylation sites is 1. The highest BCUT2D eigenvalue weighted by Gasteiger charge is 2.46. The van der Waals surface area contributed by atoms with Gasteiger partial charge >= 0.3 is 11.9 Å².